The predicted octanol–water partition coefficient (Wildman–Crippen LogP) is 4.04. The van der Waals surface area contributed by atoms with Crippen molar-refractivity contribution in [2.45, 2.75) is 46.2 Å². The second kappa shape index (κ2) is 6.02. The van der Waals surface area contributed by atoms with E-state index in [1.165, 1.54) is 48.3 Å². The molecule has 0 amide bonds. The first-order valence-corrected chi connectivity index (χ1v) is 8.07. The van der Waals surface area contributed by atoms with Crippen LogP contribution in [0.5, 0.6) is 0 Å². The first kappa shape index (κ1) is 14.3. The van der Waals surface area contributed by atoms with Gasteiger partial charge >= 0.3 is 0 Å². The quantitative estimate of drug-likeness (QED) is 0.844. The molecule has 1 aliphatic heterocycles. The van der Waals surface area contributed by atoms with Crippen LogP contribution in [0.1, 0.15) is 44.0 Å². The van der Waals surface area contributed by atoms with Crippen molar-refractivity contribution in [1.29, 1.82) is 0 Å². The molecular formula is C18H25N3. The number of nitrogens with zero attached hydrogens (tertiary/aromatic N) is 3. The Bertz CT molecular complexity index is 609. The van der Waals surface area contributed by atoms with E-state index in [4.69, 9.17) is 0 Å². The van der Waals surface area contributed by atoms with Crippen LogP contribution in [0.4, 0.5) is 0 Å². The van der Waals surface area contributed by atoms with E-state index in [-0.39, 0.29) is 0 Å². The van der Waals surface area contributed by atoms with Gasteiger partial charge in [-0.05, 0) is 63.9 Å². The third-order valence-electron chi connectivity index (χ3n) is 4.77. The zero-order valence-corrected chi connectivity index (χ0v) is 13.3. The number of rotatable bonds is 4. The standard InChI is InChI=1S/C18H25N3/c1-4-21-15(3)18(13-19-21)17-9-7-8-16(12-17)14(2)20-10-5-6-11-20/h7-9,12-14H,4-6,10-11H2,1-3H3/t14-/m1/s1. The molecule has 0 unspecified atom stereocenters. The second-order valence-corrected chi connectivity index (χ2v) is 6.00. The molecule has 1 aromatic carbocycles. The van der Waals surface area contributed by atoms with Gasteiger partial charge in [-0.15, -0.1) is 0 Å². The van der Waals surface area contributed by atoms with Crippen molar-refractivity contribution in [3.63, 3.8) is 0 Å². The molecule has 3 heteroatoms. The summed E-state index contributed by atoms with van der Waals surface area (Å²) in [6.45, 7) is 10.0. The first-order valence-electron chi connectivity index (χ1n) is 8.07. The predicted molar refractivity (Wildman–Crippen MR) is 87.3 cm³/mol. The monoisotopic (exact) mass is 283 g/mol. The highest BCUT2D eigenvalue weighted by Gasteiger charge is 2.19. The van der Waals surface area contributed by atoms with Gasteiger partial charge in [0.25, 0.3) is 0 Å². The molecule has 0 aliphatic carbocycles. The SMILES string of the molecule is CCn1ncc(-c2cccc([C@@H](C)N3CCCC3)c2)c1C. The average molecular weight is 283 g/mol. The summed E-state index contributed by atoms with van der Waals surface area (Å²) in [6, 6.07) is 9.48. The minimum absolute atomic E-state index is 0.508. The molecule has 1 fully saturated rings. The summed E-state index contributed by atoms with van der Waals surface area (Å²) < 4.78 is 2.06. The summed E-state index contributed by atoms with van der Waals surface area (Å²) in [4.78, 5) is 2.58. The summed E-state index contributed by atoms with van der Waals surface area (Å²) in [5, 5.41) is 4.47. The smallest absolute Gasteiger partial charge is 0.0571 e. The van der Waals surface area contributed by atoms with Crippen molar-refractivity contribution in [2.75, 3.05) is 13.1 Å². The van der Waals surface area contributed by atoms with Crippen LogP contribution in [0.3, 0.4) is 0 Å². The van der Waals surface area contributed by atoms with E-state index in [2.05, 4.69) is 59.7 Å². The van der Waals surface area contributed by atoms with Gasteiger partial charge in [0.1, 0.15) is 0 Å². The normalized spacial score (nSPS) is 17.3. The summed E-state index contributed by atoms with van der Waals surface area (Å²) in [7, 11) is 0. The lowest BCUT2D eigenvalue weighted by atomic mass is 10.00. The Morgan fingerprint density at radius 1 is 1.24 bits per heavy atom. The van der Waals surface area contributed by atoms with Gasteiger partial charge < -0.3 is 0 Å². The lowest BCUT2D eigenvalue weighted by Gasteiger charge is -2.24. The Morgan fingerprint density at radius 3 is 2.67 bits per heavy atom. The molecule has 0 N–H and O–H groups in total. The molecule has 3 rings (SSSR count). The van der Waals surface area contributed by atoms with Crippen LogP contribution in [-0.2, 0) is 6.54 Å². The van der Waals surface area contributed by atoms with Gasteiger partial charge in [-0.3, -0.25) is 9.58 Å². The molecule has 3 nitrogen and oxygen atoms in total. The maximum absolute atomic E-state index is 4.47. The zero-order chi connectivity index (χ0) is 14.8. The van der Waals surface area contributed by atoms with Crippen molar-refractivity contribution in [3.05, 3.63) is 41.7 Å². The van der Waals surface area contributed by atoms with Gasteiger partial charge in [0.15, 0.2) is 0 Å². The molecule has 1 aliphatic rings. The molecule has 0 saturated carbocycles. The Kier molecular flexibility index (Phi) is 4.11. The first-order chi connectivity index (χ1) is 10.2. The summed E-state index contributed by atoms with van der Waals surface area (Å²) in [6.07, 6.45) is 4.68. The van der Waals surface area contributed by atoms with Gasteiger partial charge in [0.05, 0.1) is 6.20 Å². The maximum Gasteiger partial charge on any atom is 0.0571 e. The van der Waals surface area contributed by atoms with Crippen LogP contribution in [0.15, 0.2) is 30.5 Å². The van der Waals surface area contributed by atoms with E-state index in [9.17, 15) is 0 Å². The molecule has 1 saturated heterocycles. The van der Waals surface area contributed by atoms with E-state index < -0.39 is 0 Å². The topological polar surface area (TPSA) is 21.1 Å². The van der Waals surface area contributed by atoms with Gasteiger partial charge in [-0.1, -0.05) is 18.2 Å². The fourth-order valence-corrected chi connectivity index (χ4v) is 3.35. The molecule has 1 aromatic heterocycles. The number of aryl methyl sites for hydroxylation is 1. The highest BCUT2D eigenvalue weighted by molar-refractivity contribution is 5.66. The minimum Gasteiger partial charge on any atom is -0.297 e. The molecule has 112 valence electrons. The molecule has 1 atom stereocenters. The Balaban J connectivity index is 1.90. The van der Waals surface area contributed by atoms with Crippen LogP contribution in [-0.4, -0.2) is 27.8 Å². The lowest BCUT2D eigenvalue weighted by Crippen LogP contribution is -2.23. The van der Waals surface area contributed by atoms with Crippen molar-refractivity contribution >= 4 is 0 Å². The van der Waals surface area contributed by atoms with Crippen molar-refractivity contribution in [3.8, 4) is 11.1 Å². The van der Waals surface area contributed by atoms with Gasteiger partial charge in [0.2, 0.25) is 0 Å². The van der Waals surface area contributed by atoms with Crippen molar-refractivity contribution in [1.82, 2.24) is 14.7 Å². The van der Waals surface area contributed by atoms with Crippen LogP contribution in [0.2, 0.25) is 0 Å². The molecule has 21 heavy (non-hydrogen) atoms. The van der Waals surface area contributed by atoms with Crippen molar-refractivity contribution in [2.24, 2.45) is 0 Å². The molecule has 0 bridgehead atoms. The summed E-state index contributed by atoms with van der Waals surface area (Å²) >= 11 is 0. The van der Waals surface area contributed by atoms with E-state index in [1.54, 1.807) is 0 Å². The number of likely N-dealkylation sites (tertiary alicyclic amines) is 1. The maximum atomic E-state index is 4.47. The number of hydrogen-bond donors (Lipinski definition) is 0. The Hall–Kier alpha value is -1.61. The van der Waals surface area contributed by atoms with E-state index in [0.717, 1.165) is 6.54 Å². The number of benzene rings is 1. The van der Waals surface area contributed by atoms with Crippen LogP contribution in [0.25, 0.3) is 11.1 Å². The third-order valence-corrected chi connectivity index (χ3v) is 4.77. The fraction of sp³-hybridized carbons (Fsp3) is 0.500. The van der Waals surface area contributed by atoms with Crippen LogP contribution in [0, 0.1) is 6.92 Å². The van der Waals surface area contributed by atoms with Gasteiger partial charge in [-0.25, -0.2) is 0 Å². The summed E-state index contributed by atoms with van der Waals surface area (Å²) in [5.41, 5.74) is 5.21. The third kappa shape index (κ3) is 2.75. The van der Waals surface area contributed by atoms with Crippen LogP contribution < -0.4 is 0 Å². The molecule has 2 heterocycles. The number of aromatic nitrogens is 2. The highest BCUT2D eigenvalue weighted by atomic mass is 15.3. The highest BCUT2D eigenvalue weighted by Crippen LogP contribution is 2.29. The Morgan fingerprint density at radius 2 is 2.00 bits per heavy atom. The molecular weight excluding hydrogens is 258 g/mol. The number of hydrogen-bond acceptors (Lipinski definition) is 2. The minimum atomic E-state index is 0.508. The van der Waals surface area contributed by atoms with Gasteiger partial charge in [-0.2, -0.15) is 5.10 Å². The molecule has 2 aromatic rings. The molecule has 0 spiro atoms. The Labute approximate surface area is 127 Å². The zero-order valence-electron chi connectivity index (χ0n) is 13.3. The fourth-order valence-electron chi connectivity index (χ4n) is 3.35. The summed E-state index contributed by atoms with van der Waals surface area (Å²) in [5.74, 6) is 0. The van der Waals surface area contributed by atoms with E-state index >= 15 is 0 Å². The second-order valence-electron chi connectivity index (χ2n) is 6.00. The van der Waals surface area contributed by atoms with Crippen molar-refractivity contribution < 1.29 is 0 Å². The van der Waals surface area contributed by atoms with E-state index in [1.807, 2.05) is 6.20 Å². The van der Waals surface area contributed by atoms with Gasteiger partial charge in [0, 0.05) is 23.8 Å². The lowest BCUT2D eigenvalue weighted by molar-refractivity contribution is 0.263. The van der Waals surface area contributed by atoms with E-state index in [0.29, 0.717) is 6.04 Å². The van der Waals surface area contributed by atoms with Crippen LogP contribution >= 0.6 is 0 Å². The molecule has 0 radical (unpaired) electrons. The largest absolute Gasteiger partial charge is 0.297 e. The average Bonchev–Trinajstić information content (AvgIpc) is 3.16.